The maximum absolute atomic E-state index is 5.32. The molecular formula is C22H35NOSSi. The number of fused-ring (bicyclic) bond motifs is 3. The molecule has 2 saturated carbocycles. The smallest absolute Gasteiger partial charge is 0.151 e. The molecule has 0 amide bonds. The molecule has 4 heteroatoms. The van der Waals surface area contributed by atoms with E-state index in [1.807, 2.05) is 0 Å². The molecule has 1 aliphatic heterocycles. The minimum atomic E-state index is -1.61. The first-order valence-corrected chi connectivity index (χ1v) is 14.5. The Morgan fingerprint density at radius 2 is 1.73 bits per heavy atom. The van der Waals surface area contributed by atoms with Crippen molar-refractivity contribution in [3.63, 3.8) is 0 Å². The first-order valence-electron chi connectivity index (χ1n) is 10.5. The zero-order valence-electron chi connectivity index (χ0n) is 17.0. The molecule has 3 aliphatic rings. The fourth-order valence-electron chi connectivity index (χ4n) is 6.46. The van der Waals surface area contributed by atoms with Crippen LogP contribution in [0.25, 0.3) is 0 Å². The summed E-state index contributed by atoms with van der Waals surface area (Å²) in [4.78, 5) is 4.03. The van der Waals surface area contributed by atoms with E-state index in [0.29, 0.717) is 0 Å². The normalized spacial score (nSPS) is 39.3. The van der Waals surface area contributed by atoms with Crippen molar-refractivity contribution in [3.8, 4) is 5.75 Å². The van der Waals surface area contributed by atoms with Gasteiger partial charge >= 0.3 is 0 Å². The Labute approximate surface area is 165 Å². The molecule has 1 N–H and O–H groups in total. The van der Waals surface area contributed by atoms with Crippen molar-refractivity contribution in [2.75, 3.05) is 12.1 Å². The van der Waals surface area contributed by atoms with Crippen LogP contribution < -0.4 is 9.72 Å². The zero-order valence-corrected chi connectivity index (χ0v) is 18.8. The van der Waals surface area contributed by atoms with E-state index in [4.69, 9.17) is 4.74 Å². The summed E-state index contributed by atoms with van der Waals surface area (Å²) in [7, 11) is 0.130. The lowest BCUT2D eigenvalue weighted by Crippen LogP contribution is -2.46. The molecule has 3 fully saturated rings. The molecule has 1 aromatic carbocycles. The van der Waals surface area contributed by atoms with Crippen LogP contribution in [0.1, 0.15) is 39.5 Å². The Morgan fingerprint density at radius 3 is 2.42 bits per heavy atom. The van der Waals surface area contributed by atoms with Crippen molar-refractivity contribution in [1.82, 2.24) is 0 Å². The van der Waals surface area contributed by atoms with E-state index in [1.54, 1.807) is 7.11 Å². The van der Waals surface area contributed by atoms with Crippen LogP contribution in [-0.4, -0.2) is 25.8 Å². The van der Waals surface area contributed by atoms with Gasteiger partial charge in [-0.1, -0.05) is 39.8 Å². The van der Waals surface area contributed by atoms with Crippen molar-refractivity contribution < 1.29 is 4.74 Å². The number of anilines is 1. The predicted octanol–water partition coefficient (Wildman–Crippen LogP) is 6.26. The van der Waals surface area contributed by atoms with E-state index in [0.717, 1.165) is 45.5 Å². The van der Waals surface area contributed by atoms with Crippen molar-refractivity contribution in [1.29, 1.82) is 0 Å². The fourth-order valence-corrected chi connectivity index (χ4v) is 13.7. The van der Waals surface area contributed by atoms with Crippen LogP contribution in [0.2, 0.25) is 18.6 Å². The molecule has 26 heavy (non-hydrogen) atoms. The van der Waals surface area contributed by atoms with Gasteiger partial charge < -0.3 is 9.72 Å². The molecule has 7 unspecified atom stereocenters. The lowest BCUT2D eigenvalue weighted by atomic mass is 9.75. The number of methoxy groups -OCH3 is 1. The third kappa shape index (κ3) is 3.11. The van der Waals surface area contributed by atoms with Crippen molar-refractivity contribution in [2.24, 2.45) is 23.7 Å². The first kappa shape index (κ1) is 18.7. The molecule has 4 rings (SSSR count). The number of benzene rings is 1. The molecule has 0 radical (unpaired) electrons. The second kappa shape index (κ2) is 7.09. The molecule has 1 heterocycles. The molecule has 0 bridgehead atoms. The number of hydrogen-bond acceptors (Lipinski definition) is 3. The van der Waals surface area contributed by atoms with Crippen molar-refractivity contribution in [3.05, 3.63) is 24.3 Å². The van der Waals surface area contributed by atoms with E-state index < -0.39 is 8.24 Å². The van der Waals surface area contributed by atoms with Gasteiger partial charge in [0.15, 0.2) is 8.24 Å². The molecule has 1 aromatic rings. The van der Waals surface area contributed by atoms with Gasteiger partial charge in [-0.05, 0) is 66.3 Å². The third-order valence-corrected chi connectivity index (χ3v) is 13.3. The van der Waals surface area contributed by atoms with E-state index in [1.165, 1.54) is 31.4 Å². The van der Waals surface area contributed by atoms with Gasteiger partial charge in [0.2, 0.25) is 0 Å². The summed E-state index contributed by atoms with van der Waals surface area (Å²) in [5.74, 6) is 4.64. The number of ether oxygens (including phenoxy) is 1. The van der Waals surface area contributed by atoms with Gasteiger partial charge in [-0.25, -0.2) is 0 Å². The molecule has 0 spiro atoms. The molecule has 1 saturated heterocycles. The number of rotatable bonds is 4. The Kier molecular flexibility index (Phi) is 5.11. The maximum Gasteiger partial charge on any atom is 0.151 e. The standard InChI is InChI=1S/C22H35NOSSi/c1-14-15(2)22(21-20(14)18-8-6-7-9-19(18)25-21)26(4,5)23-16-10-12-17(24-3)13-11-16/h10-15,18-23H,6-9H2,1-5H3. The molecular weight excluding hydrogens is 354 g/mol. The Balaban J connectivity index is 1.56. The van der Waals surface area contributed by atoms with Crippen LogP contribution in [-0.2, 0) is 0 Å². The number of nitrogens with one attached hydrogen (secondary N) is 1. The Hall–Kier alpha value is -0.613. The highest BCUT2D eigenvalue weighted by Crippen LogP contribution is 2.65. The highest BCUT2D eigenvalue weighted by atomic mass is 32.2. The van der Waals surface area contributed by atoms with Gasteiger partial charge in [-0.2, -0.15) is 11.8 Å². The van der Waals surface area contributed by atoms with Crippen LogP contribution in [0.15, 0.2) is 24.3 Å². The van der Waals surface area contributed by atoms with E-state index in [-0.39, 0.29) is 0 Å². The Morgan fingerprint density at radius 1 is 1.04 bits per heavy atom. The van der Waals surface area contributed by atoms with Crippen LogP contribution in [0.5, 0.6) is 5.75 Å². The van der Waals surface area contributed by atoms with Crippen LogP contribution in [0.4, 0.5) is 5.69 Å². The third-order valence-electron chi connectivity index (χ3n) is 7.71. The summed E-state index contributed by atoms with van der Waals surface area (Å²) >= 11 is 2.40. The second-order valence-electron chi connectivity index (χ2n) is 9.48. The minimum absolute atomic E-state index is 0.841. The molecule has 144 valence electrons. The van der Waals surface area contributed by atoms with E-state index >= 15 is 0 Å². The zero-order chi connectivity index (χ0) is 18.5. The lowest BCUT2D eigenvalue weighted by molar-refractivity contribution is 0.222. The van der Waals surface area contributed by atoms with Gasteiger partial charge in [0, 0.05) is 16.2 Å². The van der Waals surface area contributed by atoms with E-state index in [9.17, 15) is 0 Å². The SMILES string of the molecule is COc1ccc(N[Si](C)(C)C2C(C)C(C)C3C4CCCCC4SC32)cc1. The highest BCUT2D eigenvalue weighted by molar-refractivity contribution is 8.01. The quantitative estimate of drug-likeness (QED) is 0.614. The average Bonchev–Trinajstić information content (AvgIpc) is 3.10. The van der Waals surface area contributed by atoms with Gasteiger partial charge in [-0.3, -0.25) is 0 Å². The highest BCUT2D eigenvalue weighted by Gasteiger charge is 2.60. The summed E-state index contributed by atoms with van der Waals surface area (Å²) in [5, 5.41) is 1.85. The fraction of sp³-hybridized carbons (Fsp3) is 0.727. The summed E-state index contributed by atoms with van der Waals surface area (Å²) in [5.41, 5.74) is 2.13. The summed E-state index contributed by atoms with van der Waals surface area (Å²) in [6.45, 7) is 10.3. The van der Waals surface area contributed by atoms with Crippen LogP contribution in [0.3, 0.4) is 0 Å². The van der Waals surface area contributed by atoms with Crippen LogP contribution in [0, 0.1) is 23.7 Å². The average molecular weight is 390 g/mol. The van der Waals surface area contributed by atoms with Gasteiger partial charge in [0.05, 0.1) is 7.11 Å². The lowest BCUT2D eigenvalue weighted by Gasteiger charge is -2.38. The molecule has 7 atom stereocenters. The largest absolute Gasteiger partial charge is 0.497 e. The van der Waals surface area contributed by atoms with Crippen molar-refractivity contribution in [2.45, 2.75) is 68.7 Å². The van der Waals surface area contributed by atoms with E-state index in [2.05, 4.69) is 68.0 Å². The number of hydrogen-bond donors (Lipinski definition) is 1. The van der Waals surface area contributed by atoms with Crippen molar-refractivity contribution >= 4 is 25.7 Å². The second-order valence-corrected chi connectivity index (χ2v) is 15.3. The monoisotopic (exact) mass is 389 g/mol. The summed E-state index contributed by atoms with van der Waals surface area (Å²) in [6, 6.07) is 8.54. The molecule has 0 aromatic heterocycles. The first-order chi connectivity index (χ1) is 12.4. The molecule has 2 nitrogen and oxygen atoms in total. The number of thioether (sulfide) groups is 1. The molecule has 2 aliphatic carbocycles. The summed E-state index contributed by atoms with van der Waals surface area (Å²) < 4.78 is 5.32. The van der Waals surface area contributed by atoms with Crippen LogP contribution >= 0.6 is 11.8 Å². The summed E-state index contributed by atoms with van der Waals surface area (Å²) in [6.07, 6.45) is 5.91. The Bertz CT molecular complexity index is 634. The predicted molar refractivity (Wildman–Crippen MR) is 117 cm³/mol. The minimum Gasteiger partial charge on any atom is -0.497 e. The van der Waals surface area contributed by atoms with Gasteiger partial charge in [0.1, 0.15) is 5.75 Å². The van der Waals surface area contributed by atoms with Gasteiger partial charge in [0.25, 0.3) is 0 Å². The van der Waals surface area contributed by atoms with Gasteiger partial charge in [-0.15, -0.1) is 0 Å². The topological polar surface area (TPSA) is 21.3 Å². The maximum atomic E-state index is 5.32.